The number of nitrogens with zero attached hydrogens (tertiary/aromatic N) is 1. The molecule has 0 bridgehead atoms. The third kappa shape index (κ3) is 2.80. The average Bonchev–Trinajstić information content (AvgIpc) is 3.23. The van der Waals surface area contributed by atoms with Crippen LogP contribution in [0.15, 0.2) is 24.3 Å². The second-order valence-corrected chi connectivity index (χ2v) is 7.07. The van der Waals surface area contributed by atoms with Crippen molar-refractivity contribution in [2.75, 3.05) is 25.2 Å². The lowest BCUT2D eigenvalue weighted by Gasteiger charge is -2.34. The van der Waals surface area contributed by atoms with E-state index in [0.717, 1.165) is 43.9 Å². The Labute approximate surface area is 143 Å². The van der Waals surface area contributed by atoms with Gasteiger partial charge in [0.25, 0.3) is 0 Å². The number of hydrogen-bond acceptors (Lipinski definition) is 4. The molecule has 0 unspecified atom stereocenters. The van der Waals surface area contributed by atoms with E-state index in [-0.39, 0.29) is 11.9 Å². The van der Waals surface area contributed by atoms with Gasteiger partial charge < -0.3 is 19.7 Å². The van der Waals surface area contributed by atoms with Crippen LogP contribution in [0.5, 0.6) is 5.75 Å². The molecule has 3 aliphatic rings. The van der Waals surface area contributed by atoms with Gasteiger partial charge in [-0.05, 0) is 44.2 Å². The number of methoxy groups -OCH3 is 1. The summed E-state index contributed by atoms with van der Waals surface area (Å²) in [6.07, 6.45) is 5.90. The van der Waals surface area contributed by atoms with Crippen LogP contribution in [0, 0.1) is 5.92 Å². The molecule has 2 heterocycles. The number of rotatable bonds is 4. The Balaban J connectivity index is 1.45. The van der Waals surface area contributed by atoms with Crippen LogP contribution >= 0.6 is 0 Å². The molecule has 24 heavy (non-hydrogen) atoms. The molecule has 130 valence electrons. The van der Waals surface area contributed by atoms with Crippen molar-refractivity contribution in [3.05, 3.63) is 24.3 Å². The lowest BCUT2D eigenvalue weighted by atomic mass is 9.81. The van der Waals surface area contributed by atoms with Crippen LogP contribution in [-0.4, -0.2) is 44.4 Å². The van der Waals surface area contributed by atoms with E-state index in [1.54, 1.807) is 7.11 Å². The van der Waals surface area contributed by atoms with Gasteiger partial charge in [-0.1, -0.05) is 12.1 Å². The third-order valence-electron chi connectivity index (χ3n) is 5.78. The highest BCUT2D eigenvalue weighted by atomic mass is 16.5. The van der Waals surface area contributed by atoms with Gasteiger partial charge in [0, 0.05) is 25.1 Å². The number of hydrogen-bond donors (Lipinski definition) is 1. The Bertz CT molecular complexity index is 606. The van der Waals surface area contributed by atoms with Gasteiger partial charge in [-0.3, -0.25) is 4.79 Å². The van der Waals surface area contributed by atoms with Gasteiger partial charge in [0.05, 0.1) is 24.9 Å². The van der Waals surface area contributed by atoms with Crippen LogP contribution in [-0.2, 0) is 9.53 Å². The van der Waals surface area contributed by atoms with E-state index in [9.17, 15) is 4.79 Å². The molecular formula is C19H26N2O3. The molecule has 0 radical (unpaired) electrons. The first-order valence-electron chi connectivity index (χ1n) is 9.10. The molecule has 4 atom stereocenters. The van der Waals surface area contributed by atoms with Crippen LogP contribution in [0.1, 0.15) is 32.1 Å². The summed E-state index contributed by atoms with van der Waals surface area (Å²) in [6.45, 7) is 1.62. The molecule has 0 aromatic heterocycles. The lowest BCUT2D eigenvalue weighted by molar-refractivity contribution is -0.119. The van der Waals surface area contributed by atoms with Crippen molar-refractivity contribution in [3.8, 4) is 5.75 Å². The number of nitrogens with one attached hydrogen (secondary N) is 1. The fourth-order valence-electron chi connectivity index (χ4n) is 4.57. The number of fused-ring (bicyclic) bond motifs is 1. The fraction of sp³-hybridized carbons (Fsp3) is 0.632. The van der Waals surface area contributed by atoms with Crippen molar-refractivity contribution in [2.24, 2.45) is 5.92 Å². The summed E-state index contributed by atoms with van der Waals surface area (Å²) in [6, 6.07) is 8.08. The summed E-state index contributed by atoms with van der Waals surface area (Å²) in [5, 5.41) is 3.66. The molecule has 0 spiro atoms. The quantitative estimate of drug-likeness (QED) is 0.921. The highest BCUT2D eigenvalue weighted by Gasteiger charge is 2.41. The summed E-state index contributed by atoms with van der Waals surface area (Å²) in [7, 11) is 1.65. The first kappa shape index (κ1) is 15.9. The Kier molecular flexibility index (Phi) is 4.46. The molecular weight excluding hydrogens is 304 g/mol. The molecule has 1 aliphatic carbocycles. The number of benzene rings is 1. The topological polar surface area (TPSA) is 50.8 Å². The molecule has 1 N–H and O–H groups in total. The Morgan fingerprint density at radius 3 is 2.96 bits per heavy atom. The summed E-state index contributed by atoms with van der Waals surface area (Å²) in [4.78, 5) is 14.8. The Morgan fingerprint density at radius 2 is 2.08 bits per heavy atom. The summed E-state index contributed by atoms with van der Waals surface area (Å²) in [5.74, 6) is 1.50. The third-order valence-corrected chi connectivity index (χ3v) is 5.78. The number of carbonyl (C=O) groups is 1. The van der Waals surface area contributed by atoms with E-state index in [1.165, 1.54) is 12.8 Å². The molecule has 1 aromatic carbocycles. The summed E-state index contributed by atoms with van der Waals surface area (Å²) < 4.78 is 11.3. The zero-order chi connectivity index (χ0) is 16.5. The van der Waals surface area contributed by atoms with Gasteiger partial charge in [0.1, 0.15) is 5.75 Å². The van der Waals surface area contributed by atoms with E-state index in [0.29, 0.717) is 18.1 Å². The highest BCUT2D eigenvalue weighted by molar-refractivity contribution is 6.00. The van der Waals surface area contributed by atoms with E-state index in [4.69, 9.17) is 9.47 Å². The SMILES string of the molecule is COc1ccccc1N1CC[C@H](N[C@@H]2CCC[C@@H]3OCC[C@@H]32)C1=O. The second-order valence-electron chi connectivity index (χ2n) is 7.07. The van der Waals surface area contributed by atoms with Gasteiger partial charge in [-0.25, -0.2) is 0 Å². The van der Waals surface area contributed by atoms with Gasteiger partial charge >= 0.3 is 0 Å². The van der Waals surface area contributed by atoms with Crippen molar-refractivity contribution in [1.82, 2.24) is 5.32 Å². The van der Waals surface area contributed by atoms with Crippen molar-refractivity contribution in [1.29, 1.82) is 0 Å². The first-order valence-corrected chi connectivity index (χ1v) is 9.10. The number of anilines is 1. The second kappa shape index (κ2) is 6.73. The minimum absolute atomic E-state index is 0.0840. The smallest absolute Gasteiger partial charge is 0.244 e. The number of carbonyl (C=O) groups excluding carboxylic acids is 1. The van der Waals surface area contributed by atoms with Crippen LogP contribution in [0.4, 0.5) is 5.69 Å². The fourth-order valence-corrected chi connectivity index (χ4v) is 4.57. The molecule has 1 saturated carbocycles. The molecule has 2 saturated heterocycles. The van der Waals surface area contributed by atoms with E-state index < -0.39 is 0 Å². The molecule has 2 aliphatic heterocycles. The van der Waals surface area contributed by atoms with Crippen molar-refractivity contribution in [2.45, 2.75) is 50.3 Å². The van der Waals surface area contributed by atoms with Crippen molar-refractivity contribution in [3.63, 3.8) is 0 Å². The minimum Gasteiger partial charge on any atom is -0.495 e. The van der Waals surface area contributed by atoms with Crippen LogP contribution in [0.3, 0.4) is 0 Å². The largest absolute Gasteiger partial charge is 0.495 e. The molecule has 1 aromatic rings. The van der Waals surface area contributed by atoms with Crippen molar-refractivity contribution < 1.29 is 14.3 Å². The lowest BCUT2D eigenvalue weighted by Crippen LogP contribution is -2.50. The van der Waals surface area contributed by atoms with Crippen molar-refractivity contribution >= 4 is 11.6 Å². The zero-order valence-corrected chi connectivity index (χ0v) is 14.2. The first-order chi connectivity index (χ1) is 11.8. The maximum atomic E-state index is 12.9. The molecule has 5 heteroatoms. The van der Waals surface area contributed by atoms with E-state index in [2.05, 4.69) is 5.32 Å². The maximum Gasteiger partial charge on any atom is 0.244 e. The molecule has 3 fully saturated rings. The Morgan fingerprint density at radius 1 is 1.21 bits per heavy atom. The average molecular weight is 330 g/mol. The standard InChI is InChI=1S/C19H26N2O3/c1-23-18-7-3-2-6-16(18)21-11-9-15(19(21)22)20-14-5-4-8-17-13(14)10-12-24-17/h2-3,6-7,13-15,17,20H,4-5,8-12H2,1H3/t13-,14-,15+,17+/m1/s1. The monoisotopic (exact) mass is 330 g/mol. The highest BCUT2D eigenvalue weighted by Crippen LogP contribution is 2.36. The Hall–Kier alpha value is -1.59. The number of para-hydroxylation sites is 2. The molecule has 1 amide bonds. The maximum absolute atomic E-state index is 12.9. The normalized spacial score (nSPS) is 32.9. The molecule has 5 nitrogen and oxygen atoms in total. The van der Waals surface area contributed by atoms with Crippen LogP contribution in [0.25, 0.3) is 0 Å². The predicted octanol–water partition coefficient (Wildman–Crippen LogP) is 2.35. The minimum atomic E-state index is -0.0840. The van der Waals surface area contributed by atoms with E-state index >= 15 is 0 Å². The van der Waals surface area contributed by atoms with Crippen LogP contribution < -0.4 is 15.0 Å². The summed E-state index contributed by atoms with van der Waals surface area (Å²) in [5.41, 5.74) is 0.875. The number of ether oxygens (including phenoxy) is 2. The van der Waals surface area contributed by atoms with Gasteiger partial charge in [0.2, 0.25) is 5.91 Å². The molecule has 4 rings (SSSR count). The van der Waals surface area contributed by atoms with Gasteiger partial charge in [-0.2, -0.15) is 0 Å². The zero-order valence-electron chi connectivity index (χ0n) is 14.2. The van der Waals surface area contributed by atoms with Crippen LogP contribution in [0.2, 0.25) is 0 Å². The van der Waals surface area contributed by atoms with E-state index in [1.807, 2.05) is 29.2 Å². The van der Waals surface area contributed by atoms with Gasteiger partial charge in [0.15, 0.2) is 0 Å². The number of amides is 1. The summed E-state index contributed by atoms with van der Waals surface area (Å²) >= 11 is 0. The predicted molar refractivity (Wildman–Crippen MR) is 92.4 cm³/mol. The van der Waals surface area contributed by atoms with Gasteiger partial charge in [-0.15, -0.1) is 0 Å².